The first-order chi connectivity index (χ1) is 10.3. The first kappa shape index (κ1) is 14.1. The third-order valence-electron chi connectivity index (χ3n) is 4.16. The predicted molar refractivity (Wildman–Crippen MR) is 87.6 cm³/mol. The molecule has 0 unspecified atom stereocenters. The Bertz CT molecular complexity index is 622. The van der Waals surface area contributed by atoms with Crippen molar-refractivity contribution in [1.29, 1.82) is 0 Å². The minimum absolute atomic E-state index is 0.862. The SMILES string of the molecule is CNCc1cnc(C)cc1N1CCCc2ccccc2C1. The van der Waals surface area contributed by atoms with Gasteiger partial charge < -0.3 is 10.2 Å². The molecule has 1 aliphatic heterocycles. The van der Waals surface area contributed by atoms with Gasteiger partial charge >= 0.3 is 0 Å². The molecule has 0 amide bonds. The van der Waals surface area contributed by atoms with Gasteiger partial charge in [-0.15, -0.1) is 0 Å². The zero-order valence-corrected chi connectivity index (χ0v) is 12.9. The van der Waals surface area contributed by atoms with E-state index in [-0.39, 0.29) is 0 Å². The molecule has 0 fully saturated rings. The third kappa shape index (κ3) is 3.08. The third-order valence-corrected chi connectivity index (χ3v) is 4.16. The molecule has 21 heavy (non-hydrogen) atoms. The summed E-state index contributed by atoms with van der Waals surface area (Å²) in [7, 11) is 1.99. The summed E-state index contributed by atoms with van der Waals surface area (Å²) in [5.41, 5.74) is 6.65. The van der Waals surface area contributed by atoms with Crippen LogP contribution in [-0.4, -0.2) is 18.6 Å². The van der Waals surface area contributed by atoms with Crippen LogP contribution in [0.25, 0.3) is 0 Å². The van der Waals surface area contributed by atoms with E-state index in [1.807, 2.05) is 13.2 Å². The van der Waals surface area contributed by atoms with Crippen molar-refractivity contribution in [3.63, 3.8) is 0 Å². The Morgan fingerprint density at radius 2 is 2.05 bits per heavy atom. The molecule has 0 bridgehead atoms. The van der Waals surface area contributed by atoms with Crippen LogP contribution in [0.15, 0.2) is 36.5 Å². The number of aryl methyl sites for hydroxylation is 2. The Morgan fingerprint density at radius 3 is 2.86 bits per heavy atom. The molecule has 3 rings (SSSR count). The lowest BCUT2D eigenvalue weighted by Gasteiger charge is -2.26. The Morgan fingerprint density at radius 1 is 1.24 bits per heavy atom. The Kier molecular flexibility index (Phi) is 4.20. The van der Waals surface area contributed by atoms with Crippen LogP contribution in [0.4, 0.5) is 5.69 Å². The molecule has 1 aromatic carbocycles. The molecule has 0 saturated heterocycles. The van der Waals surface area contributed by atoms with Gasteiger partial charge in [0.1, 0.15) is 0 Å². The minimum Gasteiger partial charge on any atom is -0.367 e. The molecule has 2 aromatic rings. The molecule has 3 heteroatoms. The average molecular weight is 281 g/mol. The number of nitrogens with zero attached hydrogens (tertiary/aromatic N) is 2. The molecule has 0 radical (unpaired) electrons. The van der Waals surface area contributed by atoms with Gasteiger partial charge in [-0.2, -0.15) is 0 Å². The van der Waals surface area contributed by atoms with E-state index >= 15 is 0 Å². The Hall–Kier alpha value is -1.87. The van der Waals surface area contributed by atoms with E-state index in [1.165, 1.54) is 35.2 Å². The first-order valence-electron chi connectivity index (χ1n) is 7.70. The highest BCUT2D eigenvalue weighted by Gasteiger charge is 2.17. The molecule has 0 saturated carbocycles. The van der Waals surface area contributed by atoms with Crippen molar-refractivity contribution in [2.24, 2.45) is 0 Å². The number of aromatic nitrogens is 1. The molecule has 1 N–H and O–H groups in total. The lowest BCUT2D eigenvalue weighted by molar-refractivity contribution is 0.745. The number of rotatable bonds is 3. The van der Waals surface area contributed by atoms with Crippen LogP contribution in [0, 0.1) is 6.92 Å². The molecule has 0 atom stereocenters. The largest absolute Gasteiger partial charge is 0.367 e. The summed E-state index contributed by atoms with van der Waals surface area (Å²) >= 11 is 0. The molecule has 1 aromatic heterocycles. The summed E-state index contributed by atoms with van der Waals surface area (Å²) in [6, 6.07) is 11.1. The van der Waals surface area contributed by atoms with Crippen molar-refractivity contribution in [3.05, 3.63) is 58.9 Å². The van der Waals surface area contributed by atoms with Gasteiger partial charge in [0.05, 0.1) is 0 Å². The number of pyridine rings is 1. The smallest absolute Gasteiger partial charge is 0.0448 e. The monoisotopic (exact) mass is 281 g/mol. The summed E-state index contributed by atoms with van der Waals surface area (Å²) in [5, 5.41) is 3.25. The van der Waals surface area contributed by atoms with Crippen molar-refractivity contribution < 1.29 is 0 Å². The molecule has 2 heterocycles. The number of fused-ring (bicyclic) bond motifs is 1. The number of benzene rings is 1. The van der Waals surface area contributed by atoms with Crippen LogP contribution in [0.1, 0.15) is 28.8 Å². The lowest BCUT2D eigenvalue weighted by atomic mass is 10.0. The van der Waals surface area contributed by atoms with Gasteiger partial charge in [0.15, 0.2) is 0 Å². The maximum absolute atomic E-state index is 4.45. The summed E-state index contributed by atoms with van der Waals surface area (Å²) < 4.78 is 0. The number of hydrogen-bond donors (Lipinski definition) is 1. The molecular weight excluding hydrogens is 258 g/mol. The normalized spacial score (nSPS) is 14.7. The van der Waals surface area contributed by atoms with Crippen LogP contribution < -0.4 is 10.2 Å². The summed E-state index contributed by atoms with van der Waals surface area (Å²) in [5.74, 6) is 0. The van der Waals surface area contributed by atoms with Gasteiger partial charge in [-0.25, -0.2) is 0 Å². The van der Waals surface area contributed by atoms with Crippen molar-refractivity contribution in [2.45, 2.75) is 32.9 Å². The van der Waals surface area contributed by atoms with Crippen molar-refractivity contribution in [2.75, 3.05) is 18.5 Å². The van der Waals surface area contributed by atoms with Gasteiger partial charge in [-0.05, 0) is 44.0 Å². The molecule has 110 valence electrons. The van der Waals surface area contributed by atoms with Gasteiger partial charge in [0.25, 0.3) is 0 Å². The topological polar surface area (TPSA) is 28.2 Å². The van der Waals surface area contributed by atoms with Gasteiger partial charge in [-0.3, -0.25) is 4.98 Å². The van der Waals surface area contributed by atoms with E-state index in [2.05, 4.69) is 52.5 Å². The van der Waals surface area contributed by atoms with Gasteiger partial charge in [0, 0.05) is 42.8 Å². The number of nitrogens with one attached hydrogen (secondary N) is 1. The molecule has 0 spiro atoms. The van der Waals surface area contributed by atoms with Gasteiger partial charge in [0.2, 0.25) is 0 Å². The number of hydrogen-bond acceptors (Lipinski definition) is 3. The Labute approximate surface area is 127 Å². The maximum atomic E-state index is 4.45. The predicted octanol–water partition coefficient (Wildman–Crippen LogP) is 3.06. The fourth-order valence-electron chi connectivity index (χ4n) is 3.10. The summed E-state index contributed by atoms with van der Waals surface area (Å²) in [6.07, 6.45) is 4.40. The van der Waals surface area contributed by atoms with E-state index < -0.39 is 0 Å². The molecular formula is C18H23N3. The van der Waals surface area contributed by atoms with Gasteiger partial charge in [-0.1, -0.05) is 24.3 Å². The zero-order valence-electron chi connectivity index (χ0n) is 12.9. The number of anilines is 1. The average Bonchev–Trinajstić information content (AvgIpc) is 2.71. The van der Waals surface area contributed by atoms with Crippen LogP contribution in [0.5, 0.6) is 0 Å². The van der Waals surface area contributed by atoms with Crippen LogP contribution in [-0.2, 0) is 19.5 Å². The molecule has 0 aliphatic carbocycles. The fourth-order valence-corrected chi connectivity index (χ4v) is 3.10. The second kappa shape index (κ2) is 6.27. The van der Waals surface area contributed by atoms with E-state index in [4.69, 9.17) is 0 Å². The fraction of sp³-hybridized carbons (Fsp3) is 0.389. The van der Waals surface area contributed by atoms with Crippen molar-refractivity contribution in [1.82, 2.24) is 10.3 Å². The molecule has 3 nitrogen and oxygen atoms in total. The van der Waals surface area contributed by atoms with E-state index in [9.17, 15) is 0 Å². The standard InChI is InChI=1S/C18H23N3/c1-14-10-18(17(11-19-2)12-20-14)21-9-5-8-15-6-3-4-7-16(15)13-21/h3-4,6-7,10,12,19H,5,8-9,11,13H2,1-2H3. The second-order valence-electron chi connectivity index (χ2n) is 5.78. The summed E-state index contributed by atoms with van der Waals surface area (Å²) in [6.45, 7) is 5.03. The highest BCUT2D eigenvalue weighted by molar-refractivity contribution is 5.55. The lowest BCUT2D eigenvalue weighted by Crippen LogP contribution is -2.25. The highest BCUT2D eigenvalue weighted by Crippen LogP contribution is 2.27. The zero-order chi connectivity index (χ0) is 14.7. The second-order valence-corrected chi connectivity index (χ2v) is 5.78. The van der Waals surface area contributed by atoms with E-state index in [0.717, 1.165) is 25.3 Å². The Balaban J connectivity index is 1.95. The first-order valence-corrected chi connectivity index (χ1v) is 7.70. The van der Waals surface area contributed by atoms with Crippen LogP contribution in [0.3, 0.4) is 0 Å². The minimum atomic E-state index is 0.862. The van der Waals surface area contributed by atoms with Crippen molar-refractivity contribution >= 4 is 5.69 Å². The highest BCUT2D eigenvalue weighted by atomic mass is 15.1. The molecule has 1 aliphatic rings. The quantitative estimate of drug-likeness (QED) is 0.937. The summed E-state index contributed by atoms with van der Waals surface area (Å²) in [4.78, 5) is 6.96. The van der Waals surface area contributed by atoms with Crippen LogP contribution >= 0.6 is 0 Å². The van der Waals surface area contributed by atoms with E-state index in [1.54, 1.807) is 0 Å². The van der Waals surface area contributed by atoms with E-state index in [0.29, 0.717) is 0 Å². The maximum Gasteiger partial charge on any atom is 0.0448 e. The van der Waals surface area contributed by atoms with Crippen LogP contribution in [0.2, 0.25) is 0 Å². The van der Waals surface area contributed by atoms with Crippen molar-refractivity contribution in [3.8, 4) is 0 Å².